The first-order valence-electron chi connectivity index (χ1n) is 7.95. The quantitative estimate of drug-likeness (QED) is 0.883. The molecule has 1 aromatic heterocycles. The molecule has 1 saturated heterocycles. The normalized spacial score (nSPS) is 20.3. The summed E-state index contributed by atoms with van der Waals surface area (Å²) in [7, 11) is 0. The van der Waals surface area contributed by atoms with Crippen molar-refractivity contribution in [1.82, 2.24) is 4.90 Å². The maximum atomic E-state index is 10.2. The third-order valence-electron chi connectivity index (χ3n) is 3.94. The van der Waals surface area contributed by atoms with Gasteiger partial charge in [-0.1, -0.05) is 23.8 Å². The van der Waals surface area contributed by atoms with Crippen LogP contribution in [0.2, 0.25) is 0 Å². The van der Waals surface area contributed by atoms with Crippen molar-refractivity contribution >= 4 is 11.3 Å². The van der Waals surface area contributed by atoms with Crippen molar-refractivity contribution in [3.63, 3.8) is 0 Å². The Balaban J connectivity index is 1.45. The standard InChI is InChI=1S/C18H23NO3S/c1-14-4-6-16(7-5-14)22-13-15(20)11-19-8-9-21-17(12-19)18-3-2-10-23-18/h2-7,10,15,17,20H,8-9,11-13H2,1H3. The number of aliphatic hydroxyl groups is 1. The minimum absolute atomic E-state index is 0.119. The van der Waals surface area contributed by atoms with Crippen LogP contribution in [0.25, 0.3) is 0 Å². The Hall–Kier alpha value is -1.40. The molecule has 5 heteroatoms. The van der Waals surface area contributed by atoms with Crippen LogP contribution in [0, 0.1) is 6.92 Å². The summed E-state index contributed by atoms with van der Waals surface area (Å²) in [6, 6.07) is 12.0. The lowest BCUT2D eigenvalue weighted by molar-refractivity contribution is -0.0444. The first-order valence-corrected chi connectivity index (χ1v) is 8.83. The van der Waals surface area contributed by atoms with Crippen LogP contribution in [0.1, 0.15) is 16.5 Å². The van der Waals surface area contributed by atoms with E-state index in [0.29, 0.717) is 19.8 Å². The molecule has 0 spiro atoms. The molecule has 0 amide bonds. The van der Waals surface area contributed by atoms with Gasteiger partial charge in [-0.15, -0.1) is 11.3 Å². The van der Waals surface area contributed by atoms with E-state index in [9.17, 15) is 5.11 Å². The highest BCUT2D eigenvalue weighted by molar-refractivity contribution is 7.10. The van der Waals surface area contributed by atoms with E-state index in [-0.39, 0.29) is 6.10 Å². The first kappa shape index (κ1) is 16.5. The van der Waals surface area contributed by atoms with Crippen LogP contribution in [-0.2, 0) is 4.74 Å². The zero-order valence-electron chi connectivity index (χ0n) is 13.4. The average molecular weight is 333 g/mol. The van der Waals surface area contributed by atoms with Gasteiger partial charge < -0.3 is 14.6 Å². The Morgan fingerprint density at radius 1 is 1.35 bits per heavy atom. The van der Waals surface area contributed by atoms with Crippen LogP contribution in [0.5, 0.6) is 5.75 Å². The molecular formula is C18H23NO3S. The molecule has 0 saturated carbocycles. The Bertz CT molecular complexity index is 585. The van der Waals surface area contributed by atoms with Gasteiger partial charge >= 0.3 is 0 Å². The molecule has 2 unspecified atom stereocenters. The van der Waals surface area contributed by atoms with E-state index in [2.05, 4.69) is 16.3 Å². The number of benzene rings is 1. The second-order valence-electron chi connectivity index (χ2n) is 5.91. The van der Waals surface area contributed by atoms with E-state index >= 15 is 0 Å². The summed E-state index contributed by atoms with van der Waals surface area (Å²) in [6.07, 6.45) is -0.382. The third-order valence-corrected chi connectivity index (χ3v) is 4.91. The fourth-order valence-electron chi connectivity index (χ4n) is 2.69. The molecule has 4 nitrogen and oxygen atoms in total. The zero-order chi connectivity index (χ0) is 16.1. The average Bonchev–Trinajstić information content (AvgIpc) is 3.09. The molecular weight excluding hydrogens is 310 g/mol. The van der Waals surface area contributed by atoms with E-state index in [1.165, 1.54) is 10.4 Å². The summed E-state index contributed by atoms with van der Waals surface area (Å²) in [5.41, 5.74) is 1.20. The van der Waals surface area contributed by atoms with Crippen LogP contribution < -0.4 is 4.74 Å². The molecule has 0 aliphatic carbocycles. The molecule has 1 aliphatic heterocycles. The topological polar surface area (TPSA) is 41.9 Å². The molecule has 1 aliphatic rings. The predicted molar refractivity (Wildman–Crippen MR) is 92.1 cm³/mol. The fourth-order valence-corrected chi connectivity index (χ4v) is 3.46. The van der Waals surface area contributed by atoms with E-state index in [4.69, 9.17) is 9.47 Å². The third kappa shape index (κ3) is 4.78. The number of morpholine rings is 1. The molecule has 23 heavy (non-hydrogen) atoms. The van der Waals surface area contributed by atoms with Gasteiger partial charge in [0.25, 0.3) is 0 Å². The second-order valence-corrected chi connectivity index (χ2v) is 6.89. The lowest BCUT2D eigenvalue weighted by atomic mass is 10.2. The number of aryl methyl sites for hydroxylation is 1. The SMILES string of the molecule is Cc1ccc(OCC(O)CN2CCOC(c3cccs3)C2)cc1. The number of ether oxygens (including phenoxy) is 2. The molecule has 1 aromatic carbocycles. The van der Waals surface area contributed by atoms with Gasteiger partial charge in [0.1, 0.15) is 24.6 Å². The van der Waals surface area contributed by atoms with Gasteiger partial charge in [-0.3, -0.25) is 4.90 Å². The summed E-state index contributed by atoms with van der Waals surface area (Å²) in [5.74, 6) is 0.799. The van der Waals surface area contributed by atoms with E-state index in [1.807, 2.05) is 37.3 Å². The number of hydrogen-bond donors (Lipinski definition) is 1. The molecule has 124 valence electrons. The number of aliphatic hydroxyl groups excluding tert-OH is 1. The van der Waals surface area contributed by atoms with Crippen molar-refractivity contribution < 1.29 is 14.6 Å². The molecule has 1 fully saturated rings. The van der Waals surface area contributed by atoms with Gasteiger partial charge in [-0.05, 0) is 30.5 Å². The zero-order valence-corrected chi connectivity index (χ0v) is 14.2. The van der Waals surface area contributed by atoms with Crippen molar-refractivity contribution in [3.05, 3.63) is 52.2 Å². The van der Waals surface area contributed by atoms with E-state index in [1.54, 1.807) is 11.3 Å². The molecule has 2 aromatic rings. The largest absolute Gasteiger partial charge is 0.491 e. The van der Waals surface area contributed by atoms with Crippen molar-refractivity contribution in [2.45, 2.75) is 19.1 Å². The van der Waals surface area contributed by atoms with Gasteiger partial charge in [0, 0.05) is 24.5 Å². The first-order chi connectivity index (χ1) is 11.2. The summed E-state index contributed by atoms with van der Waals surface area (Å²) >= 11 is 1.72. The van der Waals surface area contributed by atoms with Crippen LogP contribution >= 0.6 is 11.3 Å². The summed E-state index contributed by atoms with van der Waals surface area (Å²) in [4.78, 5) is 3.50. The molecule has 1 N–H and O–H groups in total. The van der Waals surface area contributed by atoms with Crippen molar-refractivity contribution in [3.8, 4) is 5.75 Å². The molecule has 2 atom stereocenters. The maximum Gasteiger partial charge on any atom is 0.119 e. The smallest absolute Gasteiger partial charge is 0.119 e. The molecule has 2 heterocycles. The van der Waals surface area contributed by atoms with Gasteiger partial charge in [-0.2, -0.15) is 0 Å². The van der Waals surface area contributed by atoms with Gasteiger partial charge in [-0.25, -0.2) is 0 Å². The van der Waals surface area contributed by atoms with Crippen molar-refractivity contribution in [2.75, 3.05) is 32.8 Å². The molecule has 3 rings (SSSR count). The van der Waals surface area contributed by atoms with Crippen LogP contribution in [-0.4, -0.2) is 49.0 Å². The summed E-state index contributed by atoms with van der Waals surface area (Å²) in [5, 5.41) is 12.3. The summed E-state index contributed by atoms with van der Waals surface area (Å²) in [6.45, 7) is 5.34. The van der Waals surface area contributed by atoms with Gasteiger partial charge in [0.05, 0.1) is 6.61 Å². The lowest BCUT2D eigenvalue weighted by Gasteiger charge is -2.33. The monoisotopic (exact) mass is 333 g/mol. The molecule has 0 radical (unpaired) electrons. The number of thiophene rings is 1. The number of nitrogens with zero attached hydrogens (tertiary/aromatic N) is 1. The Kier molecular flexibility index (Phi) is 5.67. The van der Waals surface area contributed by atoms with Gasteiger partial charge in [0.2, 0.25) is 0 Å². The van der Waals surface area contributed by atoms with Crippen LogP contribution in [0.15, 0.2) is 41.8 Å². The van der Waals surface area contributed by atoms with E-state index in [0.717, 1.165) is 18.8 Å². The number of β-amino-alcohol motifs (C(OH)–C–C–N with tert-alkyl or cyclic N) is 1. The van der Waals surface area contributed by atoms with Crippen LogP contribution in [0.4, 0.5) is 0 Å². The highest BCUT2D eigenvalue weighted by atomic mass is 32.1. The fraction of sp³-hybridized carbons (Fsp3) is 0.444. The van der Waals surface area contributed by atoms with Crippen LogP contribution in [0.3, 0.4) is 0 Å². The molecule has 0 bridgehead atoms. The van der Waals surface area contributed by atoms with E-state index < -0.39 is 6.10 Å². The second kappa shape index (κ2) is 7.93. The Morgan fingerprint density at radius 3 is 2.91 bits per heavy atom. The minimum Gasteiger partial charge on any atom is -0.491 e. The highest BCUT2D eigenvalue weighted by Gasteiger charge is 2.24. The minimum atomic E-state index is -0.501. The van der Waals surface area contributed by atoms with Crippen molar-refractivity contribution in [1.29, 1.82) is 0 Å². The maximum absolute atomic E-state index is 10.2. The number of rotatable bonds is 6. The lowest BCUT2D eigenvalue weighted by Crippen LogP contribution is -2.43. The van der Waals surface area contributed by atoms with Gasteiger partial charge in [0.15, 0.2) is 0 Å². The van der Waals surface area contributed by atoms with Crippen molar-refractivity contribution in [2.24, 2.45) is 0 Å². The number of hydrogen-bond acceptors (Lipinski definition) is 5. The Morgan fingerprint density at radius 2 is 2.17 bits per heavy atom. The summed E-state index contributed by atoms with van der Waals surface area (Å²) < 4.78 is 11.5. The predicted octanol–water partition coefficient (Wildman–Crippen LogP) is 2.87. The Labute approximate surface area is 141 Å². The highest BCUT2D eigenvalue weighted by Crippen LogP contribution is 2.26.